The number of benzene rings is 1. The largest absolute Gasteiger partial charge is 0.396 e. The highest BCUT2D eigenvalue weighted by molar-refractivity contribution is 5.62. The molecule has 1 aromatic carbocycles. The van der Waals surface area contributed by atoms with Crippen LogP contribution < -0.4 is 0 Å². The molecule has 3 heterocycles. The zero-order chi connectivity index (χ0) is 16.6. The number of aryl methyl sites for hydroxylation is 1. The summed E-state index contributed by atoms with van der Waals surface area (Å²) in [6.07, 6.45) is 3.08. The van der Waals surface area contributed by atoms with Crippen LogP contribution in [0.15, 0.2) is 36.5 Å². The number of likely N-dealkylation sites (tertiary alicyclic amines) is 1. The van der Waals surface area contributed by atoms with Crippen molar-refractivity contribution in [3.8, 4) is 11.3 Å². The highest BCUT2D eigenvalue weighted by Crippen LogP contribution is 2.42. The fourth-order valence-corrected chi connectivity index (χ4v) is 4.27. The first-order valence-electron chi connectivity index (χ1n) is 8.69. The molecule has 5 heteroatoms. The predicted octanol–water partition coefficient (Wildman–Crippen LogP) is 1.92. The summed E-state index contributed by atoms with van der Waals surface area (Å²) in [4.78, 5) is 2.46. The molecular weight excluding hydrogens is 302 g/mol. The number of ether oxygens (including phenoxy) is 1. The Bertz CT molecular complexity index is 700. The SMILES string of the molecule is Cn1cc(CN2C[C@@H]3COCC[C@]3(CO)C2)c(-c2ccccc2)n1. The van der Waals surface area contributed by atoms with Crippen LogP contribution in [-0.4, -0.2) is 52.7 Å². The van der Waals surface area contributed by atoms with Crippen LogP contribution in [0.1, 0.15) is 12.0 Å². The Hall–Kier alpha value is -1.69. The molecule has 0 radical (unpaired) electrons. The summed E-state index contributed by atoms with van der Waals surface area (Å²) in [6, 6.07) is 10.4. The molecule has 0 unspecified atom stereocenters. The van der Waals surface area contributed by atoms with Gasteiger partial charge < -0.3 is 9.84 Å². The lowest BCUT2D eigenvalue weighted by Crippen LogP contribution is -2.41. The standard InChI is InChI=1S/C19H25N3O2/c1-21-9-16(18(20-21)15-5-3-2-4-6-15)10-22-11-17-12-24-8-7-19(17,13-22)14-23/h2-6,9,17,23H,7-8,10-14H2,1H3/t17-,19-/m1/s1. The van der Waals surface area contributed by atoms with E-state index in [-0.39, 0.29) is 12.0 Å². The summed E-state index contributed by atoms with van der Waals surface area (Å²) in [7, 11) is 1.97. The molecule has 0 aliphatic carbocycles. The molecule has 2 aromatic rings. The lowest BCUT2D eigenvalue weighted by Gasteiger charge is -2.36. The van der Waals surface area contributed by atoms with E-state index in [0.29, 0.717) is 5.92 Å². The van der Waals surface area contributed by atoms with Crippen LogP contribution in [0, 0.1) is 11.3 Å². The Balaban J connectivity index is 1.57. The van der Waals surface area contributed by atoms with Crippen LogP contribution >= 0.6 is 0 Å². The van der Waals surface area contributed by atoms with Crippen molar-refractivity contribution in [2.75, 3.05) is 32.9 Å². The molecule has 2 saturated heterocycles. The van der Waals surface area contributed by atoms with Crippen LogP contribution in [-0.2, 0) is 18.3 Å². The third-order valence-electron chi connectivity index (χ3n) is 5.61. The van der Waals surface area contributed by atoms with Crippen molar-refractivity contribution in [2.24, 2.45) is 18.4 Å². The molecule has 5 nitrogen and oxygen atoms in total. The van der Waals surface area contributed by atoms with Gasteiger partial charge in [-0.3, -0.25) is 9.58 Å². The summed E-state index contributed by atoms with van der Waals surface area (Å²) in [5.74, 6) is 0.438. The Morgan fingerprint density at radius 1 is 1.33 bits per heavy atom. The lowest BCUT2D eigenvalue weighted by atomic mass is 9.75. The molecule has 0 bridgehead atoms. The maximum absolute atomic E-state index is 9.97. The van der Waals surface area contributed by atoms with E-state index in [4.69, 9.17) is 4.74 Å². The molecular formula is C19H25N3O2. The van der Waals surface area contributed by atoms with Gasteiger partial charge in [-0.15, -0.1) is 0 Å². The van der Waals surface area contributed by atoms with Crippen molar-refractivity contribution in [3.05, 3.63) is 42.1 Å². The third-order valence-corrected chi connectivity index (χ3v) is 5.61. The average Bonchev–Trinajstić information content (AvgIpc) is 3.16. The first-order chi connectivity index (χ1) is 11.7. The molecule has 0 spiro atoms. The summed E-state index contributed by atoms with van der Waals surface area (Å²) in [5.41, 5.74) is 3.48. The fraction of sp³-hybridized carbons (Fsp3) is 0.526. The fourth-order valence-electron chi connectivity index (χ4n) is 4.27. The maximum atomic E-state index is 9.97. The summed E-state index contributed by atoms with van der Waals surface area (Å²) in [5, 5.41) is 14.6. The van der Waals surface area contributed by atoms with Gasteiger partial charge in [0.15, 0.2) is 0 Å². The van der Waals surface area contributed by atoms with Gasteiger partial charge in [0.2, 0.25) is 0 Å². The smallest absolute Gasteiger partial charge is 0.0968 e. The van der Waals surface area contributed by atoms with E-state index in [1.54, 1.807) is 0 Å². The second-order valence-electron chi connectivity index (χ2n) is 7.25. The van der Waals surface area contributed by atoms with Gasteiger partial charge in [-0.05, 0) is 6.42 Å². The number of hydrogen-bond donors (Lipinski definition) is 1. The van der Waals surface area contributed by atoms with Gasteiger partial charge in [-0.25, -0.2) is 0 Å². The van der Waals surface area contributed by atoms with E-state index in [0.717, 1.165) is 50.5 Å². The minimum atomic E-state index is 0.0212. The molecule has 2 fully saturated rings. The number of aromatic nitrogens is 2. The Labute approximate surface area is 142 Å². The van der Waals surface area contributed by atoms with Crippen molar-refractivity contribution in [1.29, 1.82) is 0 Å². The van der Waals surface area contributed by atoms with Gasteiger partial charge >= 0.3 is 0 Å². The minimum absolute atomic E-state index is 0.0212. The van der Waals surface area contributed by atoms with Crippen LogP contribution in [0.2, 0.25) is 0 Å². The van der Waals surface area contributed by atoms with E-state index < -0.39 is 0 Å². The number of rotatable bonds is 4. The summed E-state index contributed by atoms with van der Waals surface area (Å²) < 4.78 is 7.55. The highest BCUT2D eigenvalue weighted by Gasteiger charge is 2.47. The molecule has 0 amide bonds. The Morgan fingerprint density at radius 2 is 2.17 bits per heavy atom. The van der Waals surface area contributed by atoms with E-state index in [9.17, 15) is 5.11 Å². The van der Waals surface area contributed by atoms with Crippen molar-refractivity contribution in [1.82, 2.24) is 14.7 Å². The van der Waals surface area contributed by atoms with Crippen LogP contribution in [0.4, 0.5) is 0 Å². The van der Waals surface area contributed by atoms with Crippen LogP contribution in [0.5, 0.6) is 0 Å². The number of nitrogens with zero attached hydrogens (tertiary/aromatic N) is 3. The van der Waals surface area contributed by atoms with Gasteiger partial charge in [0, 0.05) is 61.9 Å². The monoisotopic (exact) mass is 327 g/mol. The number of fused-ring (bicyclic) bond motifs is 1. The van der Waals surface area contributed by atoms with Crippen molar-refractivity contribution >= 4 is 0 Å². The first kappa shape index (κ1) is 15.8. The number of hydrogen-bond acceptors (Lipinski definition) is 4. The average molecular weight is 327 g/mol. The second-order valence-corrected chi connectivity index (χ2v) is 7.25. The lowest BCUT2D eigenvalue weighted by molar-refractivity contribution is -0.0417. The molecule has 2 aliphatic rings. The second kappa shape index (κ2) is 6.31. The molecule has 1 aromatic heterocycles. The quantitative estimate of drug-likeness (QED) is 0.932. The van der Waals surface area contributed by atoms with Crippen LogP contribution in [0.25, 0.3) is 11.3 Å². The van der Waals surface area contributed by atoms with E-state index in [2.05, 4.69) is 40.5 Å². The maximum Gasteiger partial charge on any atom is 0.0968 e. The number of aliphatic hydroxyl groups excluding tert-OH is 1. The Morgan fingerprint density at radius 3 is 2.92 bits per heavy atom. The minimum Gasteiger partial charge on any atom is -0.396 e. The Kier molecular flexibility index (Phi) is 4.16. The third kappa shape index (κ3) is 2.77. The predicted molar refractivity (Wildman–Crippen MR) is 92.4 cm³/mol. The normalized spacial score (nSPS) is 27.3. The first-order valence-corrected chi connectivity index (χ1v) is 8.69. The van der Waals surface area contributed by atoms with E-state index in [1.165, 1.54) is 5.56 Å². The summed E-state index contributed by atoms with van der Waals surface area (Å²) in [6.45, 7) is 4.61. The van der Waals surface area contributed by atoms with Gasteiger partial charge in [-0.2, -0.15) is 5.10 Å². The van der Waals surface area contributed by atoms with E-state index >= 15 is 0 Å². The van der Waals surface area contributed by atoms with Gasteiger partial charge in [0.25, 0.3) is 0 Å². The molecule has 4 rings (SSSR count). The number of aliphatic hydroxyl groups is 1. The topological polar surface area (TPSA) is 50.5 Å². The van der Waals surface area contributed by atoms with E-state index in [1.807, 2.05) is 17.8 Å². The van der Waals surface area contributed by atoms with Gasteiger partial charge in [-0.1, -0.05) is 30.3 Å². The molecule has 0 saturated carbocycles. The molecule has 2 atom stereocenters. The van der Waals surface area contributed by atoms with Gasteiger partial charge in [0.05, 0.1) is 18.9 Å². The molecule has 128 valence electrons. The summed E-state index contributed by atoms with van der Waals surface area (Å²) >= 11 is 0. The van der Waals surface area contributed by atoms with Crippen molar-refractivity contribution in [2.45, 2.75) is 13.0 Å². The molecule has 1 N–H and O–H groups in total. The highest BCUT2D eigenvalue weighted by atomic mass is 16.5. The van der Waals surface area contributed by atoms with Crippen molar-refractivity contribution in [3.63, 3.8) is 0 Å². The molecule has 2 aliphatic heterocycles. The van der Waals surface area contributed by atoms with Crippen LogP contribution in [0.3, 0.4) is 0 Å². The zero-order valence-corrected chi connectivity index (χ0v) is 14.2. The zero-order valence-electron chi connectivity index (χ0n) is 14.2. The van der Waals surface area contributed by atoms with Gasteiger partial charge in [0.1, 0.15) is 0 Å². The molecule has 24 heavy (non-hydrogen) atoms. The van der Waals surface area contributed by atoms with Crippen molar-refractivity contribution < 1.29 is 9.84 Å².